The molecule has 0 spiro atoms. The first-order valence-electron chi connectivity index (χ1n) is 5.54. The van der Waals surface area contributed by atoms with Crippen molar-refractivity contribution in [1.82, 2.24) is 5.32 Å². The fraction of sp³-hybridized carbons (Fsp3) is 0.250. The molecule has 0 bridgehead atoms. The van der Waals surface area contributed by atoms with Gasteiger partial charge in [-0.05, 0) is 36.8 Å². The number of hydrogen-bond acceptors (Lipinski definition) is 5. The standard InChI is InChI=1S/C12H13N3O2S/c1-2-17-10-5-3-9(4-6-10)7-13-15-12-14-11(16)8-18-12/h3-7H,2,8H2,1H3,(H,14,15,16)/b13-7-. The Morgan fingerprint density at radius 3 is 2.83 bits per heavy atom. The smallest absolute Gasteiger partial charge is 0.236 e. The molecule has 0 atom stereocenters. The van der Waals surface area contributed by atoms with Crippen LogP contribution in [0, 0.1) is 0 Å². The van der Waals surface area contributed by atoms with Gasteiger partial charge < -0.3 is 10.1 Å². The number of amidine groups is 1. The summed E-state index contributed by atoms with van der Waals surface area (Å²) in [5.41, 5.74) is 0.928. The molecule has 18 heavy (non-hydrogen) atoms. The molecule has 0 aromatic heterocycles. The van der Waals surface area contributed by atoms with Crippen LogP contribution < -0.4 is 10.1 Å². The minimum absolute atomic E-state index is 0.0324. The van der Waals surface area contributed by atoms with Gasteiger partial charge in [-0.25, -0.2) is 0 Å². The maximum absolute atomic E-state index is 10.9. The lowest BCUT2D eigenvalue weighted by Gasteiger charge is -2.01. The Labute approximate surface area is 109 Å². The van der Waals surface area contributed by atoms with E-state index in [0.29, 0.717) is 17.5 Å². The van der Waals surface area contributed by atoms with Crippen molar-refractivity contribution in [2.24, 2.45) is 10.2 Å². The van der Waals surface area contributed by atoms with Gasteiger partial charge in [0.05, 0.1) is 18.6 Å². The van der Waals surface area contributed by atoms with Crippen molar-refractivity contribution in [2.45, 2.75) is 6.92 Å². The van der Waals surface area contributed by atoms with Crippen LogP contribution in [0.2, 0.25) is 0 Å². The Bertz CT molecular complexity index is 483. The average Bonchev–Trinajstić information content (AvgIpc) is 2.78. The molecule has 0 aliphatic carbocycles. The molecule has 1 aromatic rings. The van der Waals surface area contributed by atoms with E-state index in [1.807, 2.05) is 31.2 Å². The molecule has 2 rings (SSSR count). The molecule has 1 heterocycles. The lowest BCUT2D eigenvalue weighted by molar-refractivity contribution is -0.116. The van der Waals surface area contributed by atoms with Gasteiger partial charge >= 0.3 is 0 Å². The van der Waals surface area contributed by atoms with Crippen molar-refractivity contribution in [2.75, 3.05) is 12.4 Å². The van der Waals surface area contributed by atoms with Crippen LogP contribution in [0.15, 0.2) is 34.5 Å². The van der Waals surface area contributed by atoms with E-state index in [2.05, 4.69) is 15.5 Å². The van der Waals surface area contributed by atoms with Gasteiger partial charge in [-0.2, -0.15) is 5.10 Å². The Morgan fingerprint density at radius 1 is 1.44 bits per heavy atom. The number of benzene rings is 1. The van der Waals surface area contributed by atoms with Crippen LogP contribution in [-0.4, -0.2) is 29.6 Å². The zero-order valence-corrected chi connectivity index (χ0v) is 10.7. The number of carbonyl (C=O) groups is 1. The number of rotatable bonds is 4. The molecular weight excluding hydrogens is 250 g/mol. The maximum Gasteiger partial charge on any atom is 0.236 e. The normalized spacial score (nSPS) is 17.4. The van der Waals surface area contributed by atoms with Crippen LogP contribution in [0.1, 0.15) is 12.5 Å². The van der Waals surface area contributed by atoms with E-state index in [9.17, 15) is 4.79 Å². The first-order valence-corrected chi connectivity index (χ1v) is 6.53. The molecule has 0 radical (unpaired) electrons. The number of hydrogen-bond donors (Lipinski definition) is 1. The second-order valence-corrected chi connectivity index (χ2v) is 4.45. The quantitative estimate of drug-likeness (QED) is 0.663. The lowest BCUT2D eigenvalue weighted by atomic mass is 10.2. The fourth-order valence-electron chi connectivity index (χ4n) is 1.34. The Balaban J connectivity index is 1.94. The second-order valence-electron chi connectivity index (χ2n) is 3.49. The molecule has 6 heteroatoms. The summed E-state index contributed by atoms with van der Waals surface area (Å²) in [6.45, 7) is 2.59. The molecule has 94 valence electrons. The SMILES string of the molecule is CCOc1ccc(/C=N\N=C2\NC(=O)CS2)cc1. The average molecular weight is 263 g/mol. The number of nitrogens with zero attached hydrogens (tertiary/aromatic N) is 2. The van der Waals surface area contributed by atoms with Crippen molar-refractivity contribution in [3.8, 4) is 5.75 Å². The number of thioether (sulfide) groups is 1. The number of amides is 1. The Morgan fingerprint density at radius 2 is 2.22 bits per heavy atom. The van der Waals surface area contributed by atoms with Crippen molar-refractivity contribution in [3.05, 3.63) is 29.8 Å². The summed E-state index contributed by atoms with van der Waals surface area (Å²) in [5, 5.41) is 11.0. The lowest BCUT2D eigenvalue weighted by Crippen LogP contribution is -2.19. The second kappa shape index (κ2) is 6.20. The van der Waals surface area contributed by atoms with Crippen molar-refractivity contribution in [3.63, 3.8) is 0 Å². The van der Waals surface area contributed by atoms with Gasteiger partial charge in [-0.3, -0.25) is 4.79 Å². The van der Waals surface area contributed by atoms with Crippen LogP contribution in [0.4, 0.5) is 0 Å². The summed E-state index contributed by atoms with van der Waals surface area (Å²) >= 11 is 1.35. The zero-order chi connectivity index (χ0) is 12.8. The van der Waals surface area contributed by atoms with E-state index < -0.39 is 0 Å². The first kappa shape index (κ1) is 12.6. The van der Waals surface area contributed by atoms with Crippen molar-refractivity contribution in [1.29, 1.82) is 0 Å². The third kappa shape index (κ3) is 3.59. The van der Waals surface area contributed by atoms with Crippen LogP contribution in [0.5, 0.6) is 5.75 Å². The number of nitrogens with one attached hydrogen (secondary N) is 1. The molecule has 0 unspecified atom stereocenters. The van der Waals surface area contributed by atoms with Gasteiger partial charge in [0.1, 0.15) is 5.75 Å². The molecule has 1 saturated heterocycles. The summed E-state index contributed by atoms with van der Waals surface area (Å²) < 4.78 is 5.34. The third-order valence-electron chi connectivity index (χ3n) is 2.13. The molecule has 1 aliphatic heterocycles. The van der Waals surface area contributed by atoms with Crippen molar-refractivity contribution < 1.29 is 9.53 Å². The summed E-state index contributed by atoms with van der Waals surface area (Å²) in [7, 11) is 0. The van der Waals surface area contributed by atoms with Gasteiger partial charge in [0, 0.05) is 0 Å². The third-order valence-corrected chi connectivity index (χ3v) is 3.00. The molecule has 0 saturated carbocycles. The van der Waals surface area contributed by atoms with E-state index in [1.165, 1.54) is 11.8 Å². The highest BCUT2D eigenvalue weighted by atomic mass is 32.2. The molecule has 1 aromatic carbocycles. The van der Waals surface area contributed by atoms with Crippen molar-refractivity contribution >= 4 is 29.1 Å². The topological polar surface area (TPSA) is 63.1 Å². The molecule has 1 fully saturated rings. The van der Waals surface area contributed by atoms with E-state index in [-0.39, 0.29) is 5.91 Å². The fourth-order valence-corrected chi connectivity index (χ4v) is 1.97. The summed E-state index contributed by atoms with van der Waals surface area (Å²) in [6.07, 6.45) is 1.63. The van der Waals surface area contributed by atoms with E-state index in [1.54, 1.807) is 6.21 Å². The minimum atomic E-state index is -0.0324. The number of ether oxygens (including phenoxy) is 1. The Hall–Kier alpha value is -1.82. The van der Waals surface area contributed by atoms with Crippen LogP contribution in [0.3, 0.4) is 0 Å². The summed E-state index contributed by atoms with van der Waals surface area (Å²) in [5.74, 6) is 1.21. The first-order chi connectivity index (χ1) is 8.78. The predicted octanol–water partition coefficient (Wildman–Crippen LogP) is 1.64. The van der Waals surface area contributed by atoms with Gasteiger partial charge in [0.25, 0.3) is 0 Å². The molecule has 1 N–H and O–H groups in total. The molecule has 1 aliphatic rings. The monoisotopic (exact) mass is 263 g/mol. The van der Waals surface area contributed by atoms with Gasteiger partial charge in [-0.15, -0.1) is 5.10 Å². The Kier molecular flexibility index (Phi) is 4.35. The summed E-state index contributed by atoms with van der Waals surface area (Å²) in [4.78, 5) is 10.9. The van der Waals surface area contributed by atoms with Gasteiger partial charge in [0.15, 0.2) is 5.17 Å². The maximum atomic E-state index is 10.9. The largest absolute Gasteiger partial charge is 0.494 e. The van der Waals surface area contributed by atoms with E-state index in [4.69, 9.17) is 4.74 Å². The van der Waals surface area contributed by atoms with Gasteiger partial charge in [0.2, 0.25) is 5.91 Å². The van der Waals surface area contributed by atoms with Crippen LogP contribution in [-0.2, 0) is 4.79 Å². The molecular formula is C12H13N3O2S. The highest BCUT2D eigenvalue weighted by molar-refractivity contribution is 8.15. The highest BCUT2D eigenvalue weighted by Crippen LogP contribution is 2.11. The van der Waals surface area contributed by atoms with Gasteiger partial charge in [-0.1, -0.05) is 11.8 Å². The zero-order valence-electron chi connectivity index (χ0n) is 9.92. The molecule has 1 amide bonds. The van der Waals surface area contributed by atoms with E-state index >= 15 is 0 Å². The minimum Gasteiger partial charge on any atom is -0.494 e. The number of carbonyl (C=O) groups excluding carboxylic acids is 1. The predicted molar refractivity (Wildman–Crippen MR) is 73.2 cm³/mol. The summed E-state index contributed by atoms with van der Waals surface area (Å²) in [6, 6.07) is 7.55. The van der Waals surface area contributed by atoms with Crippen LogP contribution >= 0.6 is 11.8 Å². The molecule has 5 nitrogen and oxygen atoms in total. The van der Waals surface area contributed by atoms with E-state index in [0.717, 1.165) is 11.3 Å². The van der Waals surface area contributed by atoms with Crippen LogP contribution in [0.25, 0.3) is 0 Å². The highest BCUT2D eigenvalue weighted by Gasteiger charge is 2.15.